The predicted molar refractivity (Wildman–Crippen MR) is 123 cm³/mol. The second-order valence-corrected chi connectivity index (χ2v) is 9.07. The Labute approximate surface area is 189 Å². The third kappa shape index (κ3) is 4.60. The Balaban J connectivity index is 1.41. The van der Waals surface area contributed by atoms with Crippen LogP contribution in [0.3, 0.4) is 0 Å². The van der Waals surface area contributed by atoms with Crippen LogP contribution in [0.15, 0.2) is 54.6 Å². The monoisotopic (exact) mass is 433 g/mol. The molecule has 1 saturated heterocycles. The Hall–Kier alpha value is -2.99. The van der Waals surface area contributed by atoms with E-state index >= 15 is 0 Å². The van der Waals surface area contributed by atoms with E-state index in [1.165, 1.54) is 10.5 Å². The lowest BCUT2D eigenvalue weighted by atomic mass is 10.0. The number of amides is 3. The summed E-state index contributed by atoms with van der Waals surface area (Å²) >= 11 is 0. The van der Waals surface area contributed by atoms with E-state index < -0.39 is 6.04 Å². The Bertz CT molecular complexity index is 946. The van der Waals surface area contributed by atoms with Gasteiger partial charge < -0.3 is 4.90 Å². The molecule has 2 aromatic carbocycles. The van der Waals surface area contributed by atoms with Crippen molar-refractivity contribution in [3.05, 3.63) is 71.3 Å². The van der Waals surface area contributed by atoms with Gasteiger partial charge in [0.1, 0.15) is 6.04 Å². The highest BCUT2D eigenvalue weighted by Gasteiger charge is 2.44. The number of imide groups is 1. The van der Waals surface area contributed by atoms with Gasteiger partial charge >= 0.3 is 0 Å². The lowest BCUT2D eigenvalue weighted by Crippen LogP contribution is -2.56. The van der Waals surface area contributed by atoms with Gasteiger partial charge in [-0.2, -0.15) is 0 Å². The molecule has 6 heteroatoms. The third-order valence-corrected chi connectivity index (χ3v) is 6.36. The van der Waals surface area contributed by atoms with Gasteiger partial charge in [0.2, 0.25) is 5.91 Å². The van der Waals surface area contributed by atoms with Crippen molar-refractivity contribution in [2.75, 3.05) is 32.7 Å². The highest BCUT2D eigenvalue weighted by molar-refractivity contribution is 6.22. The molecule has 2 aromatic rings. The molecule has 0 aliphatic carbocycles. The quantitative estimate of drug-likeness (QED) is 0.630. The molecule has 2 aliphatic rings. The number of hydrogen-bond donors (Lipinski definition) is 0. The van der Waals surface area contributed by atoms with Gasteiger partial charge in [0, 0.05) is 32.7 Å². The van der Waals surface area contributed by atoms with Gasteiger partial charge in [0.25, 0.3) is 11.8 Å². The Morgan fingerprint density at radius 2 is 1.41 bits per heavy atom. The summed E-state index contributed by atoms with van der Waals surface area (Å²) in [6, 6.07) is 16.5. The van der Waals surface area contributed by atoms with Crippen LogP contribution in [0.5, 0.6) is 0 Å². The average Bonchev–Trinajstić information content (AvgIpc) is 3.07. The molecule has 0 radical (unpaired) electrons. The van der Waals surface area contributed by atoms with Crippen molar-refractivity contribution < 1.29 is 14.4 Å². The maximum Gasteiger partial charge on any atom is 0.262 e. The number of benzene rings is 2. The van der Waals surface area contributed by atoms with Crippen molar-refractivity contribution in [2.45, 2.75) is 32.7 Å². The van der Waals surface area contributed by atoms with Gasteiger partial charge in [-0.05, 0) is 36.5 Å². The van der Waals surface area contributed by atoms with E-state index in [-0.39, 0.29) is 23.6 Å². The molecule has 4 rings (SSSR count). The summed E-state index contributed by atoms with van der Waals surface area (Å²) < 4.78 is 0. The number of carbonyl (C=O) groups is 3. The maximum atomic E-state index is 13.5. The van der Waals surface area contributed by atoms with Crippen LogP contribution in [0, 0.1) is 5.92 Å². The van der Waals surface area contributed by atoms with Crippen LogP contribution in [0.1, 0.15) is 46.5 Å². The zero-order valence-electron chi connectivity index (χ0n) is 18.9. The zero-order valence-corrected chi connectivity index (χ0v) is 18.9. The van der Waals surface area contributed by atoms with Crippen molar-refractivity contribution >= 4 is 17.7 Å². The molecule has 0 saturated carbocycles. The topological polar surface area (TPSA) is 60.9 Å². The first-order chi connectivity index (χ1) is 15.5. The molecule has 0 aromatic heterocycles. The van der Waals surface area contributed by atoms with Crippen LogP contribution >= 0.6 is 0 Å². The molecule has 2 heterocycles. The van der Waals surface area contributed by atoms with Gasteiger partial charge in [-0.1, -0.05) is 56.3 Å². The molecule has 0 N–H and O–H groups in total. The van der Waals surface area contributed by atoms with Crippen LogP contribution in [-0.4, -0.2) is 71.2 Å². The fraction of sp³-hybridized carbons (Fsp3) is 0.423. The Kier molecular flexibility index (Phi) is 6.70. The number of fused-ring (bicyclic) bond motifs is 1. The molecule has 0 bridgehead atoms. The standard InChI is InChI=1S/C26H31N3O3/c1-19(2)18-23(29-24(30)21-10-6-7-11-22(21)25(29)31)26(32)28-16-14-27(15-17-28)13-12-20-8-4-3-5-9-20/h3-11,19,23H,12-18H2,1-2H3/t23-/m0/s1. The molecule has 6 nitrogen and oxygen atoms in total. The lowest BCUT2D eigenvalue weighted by molar-refractivity contribution is -0.137. The van der Waals surface area contributed by atoms with Crippen LogP contribution in [0.4, 0.5) is 0 Å². The number of hydrogen-bond acceptors (Lipinski definition) is 4. The number of piperazine rings is 1. The second-order valence-electron chi connectivity index (χ2n) is 9.07. The van der Waals surface area contributed by atoms with E-state index in [0.717, 1.165) is 26.1 Å². The molecule has 32 heavy (non-hydrogen) atoms. The normalized spacial score (nSPS) is 17.7. The van der Waals surface area contributed by atoms with Gasteiger partial charge in [0.15, 0.2) is 0 Å². The summed E-state index contributed by atoms with van der Waals surface area (Å²) in [7, 11) is 0. The van der Waals surface area contributed by atoms with Gasteiger partial charge in [-0.25, -0.2) is 0 Å². The van der Waals surface area contributed by atoms with Crippen molar-refractivity contribution in [1.82, 2.24) is 14.7 Å². The second kappa shape index (κ2) is 9.65. The van der Waals surface area contributed by atoms with Crippen LogP contribution in [-0.2, 0) is 11.2 Å². The summed E-state index contributed by atoms with van der Waals surface area (Å²) in [6.07, 6.45) is 1.46. The SMILES string of the molecule is CC(C)C[C@@H](C(=O)N1CCN(CCc2ccccc2)CC1)N1C(=O)c2ccccc2C1=O. The predicted octanol–water partition coefficient (Wildman–Crippen LogP) is 3.08. The highest BCUT2D eigenvalue weighted by Crippen LogP contribution is 2.28. The van der Waals surface area contributed by atoms with Crippen molar-refractivity contribution in [3.8, 4) is 0 Å². The zero-order chi connectivity index (χ0) is 22.7. The lowest BCUT2D eigenvalue weighted by Gasteiger charge is -2.38. The van der Waals surface area contributed by atoms with Gasteiger partial charge in [-0.15, -0.1) is 0 Å². The summed E-state index contributed by atoms with van der Waals surface area (Å²) in [5, 5.41) is 0. The minimum Gasteiger partial charge on any atom is -0.338 e. The first-order valence-electron chi connectivity index (χ1n) is 11.5. The molecule has 1 fully saturated rings. The number of carbonyl (C=O) groups excluding carboxylic acids is 3. The number of rotatable bonds is 7. The first-order valence-corrected chi connectivity index (χ1v) is 11.5. The molecule has 2 aliphatic heterocycles. The molecule has 168 valence electrons. The minimum atomic E-state index is -0.752. The Morgan fingerprint density at radius 1 is 0.844 bits per heavy atom. The van der Waals surface area contributed by atoms with E-state index in [1.807, 2.05) is 24.8 Å². The summed E-state index contributed by atoms with van der Waals surface area (Å²) in [4.78, 5) is 44.9. The van der Waals surface area contributed by atoms with Gasteiger partial charge in [-0.3, -0.25) is 24.2 Å². The molecule has 0 unspecified atom stereocenters. The van der Waals surface area contributed by atoms with Crippen molar-refractivity contribution in [1.29, 1.82) is 0 Å². The minimum absolute atomic E-state index is 0.115. The van der Waals surface area contributed by atoms with Crippen LogP contribution < -0.4 is 0 Å². The molecular weight excluding hydrogens is 402 g/mol. The first kappa shape index (κ1) is 22.2. The van der Waals surface area contributed by atoms with Crippen LogP contribution in [0.25, 0.3) is 0 Å². The van der Waals surface area contributed by atoms with Gasteiger partial charge in [0.05, 0.1) is 11.1 Å². The number of nitrogens with zero attached hydrogens (tertiary/aromatic N) is 3. The highest BCUT2D eigenvalue weighted by atomic mass is 16.2. The molecule has 0 spiro atoms. The Morgan fingerprint density at radius 3 is 1.97 bits per heavy atom. The fourth-order valence-corrected chi connectivity index (χ4v) is 4.59. The van der Waals surface area contributed by atoms with E-state index in [9.17, 15) is 14.4 Å². The summed E-state index contributed by atoms with van der Waals surface area (Å²) in [5.74, 6) is -0.645. The summed E-state index contributed by atoms with van der Waals surface area (Å²) in [6.45, 7) is 7.82. The summed E-state index contributed by atoms with van der Waals surface area (Å²) in [5.41, 5.74) is 2.10. The van der Waals surface area contributed by atoms with E-state index in [4.69, 9.17) is 0 Å². The fourth-order valence-electron chi connectivity index (χ4n) is 4.59. The average molecular weight is 434 g/mol. The van der Waals surface area contributed by atoms with E-state index in [1.54, 1.807) is 24.3 Å². The van der Waals surface area contributed by atoms with Crippen molar-refractivity contribution in [2.24, 2.45) is 5.92 Å². The van der Waals surface area contributed by atoms with Crippen molar-refractivity contribution in [3.63, 3.8) is 0 Å². The molecule has 1 atom stereocenters. The van der Waals surface area contributed by atoms with Crippen LogP contribution in [0.2, 0.25) is 0 Å². The van der Waals surface area contributed by atoms with E-state index in [0.29, 0.717) is 30.6 Å². The maximum absolute atomic E-state index is 13.5. The molecular formula is C26H31N3O3. The van der Waals surface area contributed by atoms with E-state index in [2.05, 4.69) is 29.2 Å². The third-order valence-electron chi connectivity index (χ3n) is 6.36. The largest absolute Gasteiger partial charge is 0.338 e. The smallest absolute Gasteiger partial charge is 0.262 e. The molecule has 3 amide bonds.